The number of carbonyl (C=O) groups is 1. The van der Waals surface area contributed by atoms with Crippen LogP contribution in [0.15, 0.2) is 18.2 Å². The van der Waals surface area contributed by atoms with E-state index in [1.807, 2.05) is 26.0 Å². The first-order valence-electron chi connectivity index (χ1n) is 12.3. The fourth-order valence-corrected chi connectivity index (χ4v) is 3.90. The van der Waals surface area contributed by atoms with Crippen molar-refractivity contribution < 1.29 is 9.53 Å². The number of unbranched alkanes of at least 4 members (excludes halogenated alkanes) is 12. The lowest BCUT2D eigenvalue weighted by atomic mass is 10.0. The third-order valence-corrected chi connectivity index (χ3v) is 5.63. The fourth-order valence-electron chi connectivity index (χ4n) is 3.90. The van der Waals surface area contributed by atoms with Gasteiger partial charge in [-0.25, -0.2) is 9.78 Å². The number of carbonyl (C=O) groups excluding carboxylic acids is 1. The van der Waals surface area contributed by atoms with Crippen molar-refractivity contribution in [1.82, 2.24) is 9.97 Å². The molecule has 0 unspecified atom stereocenters. The summed E-state index contributed by atoms with van der Waals surface area (Å²) in [7, 11) is 0. The number of aryl methyl sites for hydroxylation is 1. The van der Waals surface area contributed by atoms with Gasteiger partial charge in [0.15, 0.2) is 0 Å². The Hall–Kier alpha value is -1.55. The molecular weight excluding hydrogens is 408 g/mol. The van der Waals surface area contributed by atoms with E-state index in [0.29, 0.717) is 5.56 Å². The van der Waals surface area contributed by atoms with Crippen LogP contribution in [-0.2, 0) is 11.2 Å². The zero-order valence-electron chi connectivity index (χ0n) is 19.9. The summed E-state index contributed by atoms with van der Waals surface area (Å²) in [5, 5.41) is 0. The molecular formula is C26H43ClN2O2. The van der Waals surface area contributed by atoms with Crippen LogP contribution in [0.3, 0.4) is 0 Å². The molecule has 2 aromatic rings. The van der Waals surface area contributed by atoms with E-state index >= 15 is 0 Å². The predicted octanol–water partition coefficient (Wildman–Crippen LogP) is 8.18. The molecule has 1 heterocycles. The molecule has 1 aromatic heterocycles. The maximum Gasteiger partial charge on any atom is 0.338 e. The maximum atomic E-state index is 12.1. The first-order valence-corrected chi connectivity index (χ1v) is 12.3. The van der Waals surface area contributed by atoms with Crippen LogP contribution in [0.2, 0.25) is 0 Å². The van der Waals surface area contributed by atoms with E-state index in [4.69, 9.17) is 4.74 Å². The first-order chi connectivity index (χ1) is 14.6. The van der Waals surface area contributed by atoms with Gasteiger partial charge in [-0.2, -0.15) is 0 Å². The van der Waals surface area contributed by atoms with Crippen LogP contribution in [0.25, 0.3) is 11.0 Å². The second-order valence-corrected chi connectivity index (χ2v) is 8.86. The van der Waals surface area contributed by atoms with Gasteiger partial charge in [0, 0.05) is 6.42 Å². The number of halogens is 1. The Kier molecular flexibility index (Phi) is 14.3. The minimum atomic E-state index is -0.278. The number of benzene rings is 1. The molecule has 2 rings (SSSR count). The van der Waals surface area contributed by atoms with Crippen molar-refractivity contribution in [2.45, 2.75) is 117 Å². The largest absolute Gasteiger partial charge is 0.459 e. The van der Waals surface area contributed by atoms with E-state index in [2.05, 4.69) is 16.9 Å². The van der Waals surface area contributed by atoms with Gasteiger partial charge < -0.3 is 9.72 Å². The van der Waals surface area contributed by atoms with Gasteiger partial charge in [0.05, 0.1) is 22.7 Å². The van der Waals surface area contributed by atoms with E-state index in [1.54, 1.807) is 6.07 Å². The summed E-state index contributed by atoms with van der Waals surface area (Å²) in [6.07, 6.45) is 18.6. The average Bonchev–Trinajstić information content (AvgIpc) is 3.13. The molecule has 0 spiro atoms. The highest BCUT2D eigenvalue weighted by Gasteiger charge is 2.11. The normalized spacial score (nSPS) is 11.1. The molecule has 0 fully saturated rings. The van der Waals surface area contributed by atoms with Gasteiger partial charge in [0.1, 0.15) is 5.82 Å². The van der Waals surface area contributed by atoms with Crippen LogP contribution in [0, 0.1) is 0 Å². The smallest absolute Gasteiger partial charge is 0.338 e. The number of imidazole rings is 1. The fraction of sp³-hybridized carbons (Fsp3) is 0.692. The number of nitrogens with one attached hydrogen (secondary N) is 1. The van der Waals surface area contributed by atoms with Crippen molar-refractivity contribution in [2.24, 2.45) is 0 Å². The number of fused-ring (bicyclic) bond motifs is 1. The Labute approximate surface area is 195 Å². The molecule has 0 aliphatic heterocycles. The van der Waals surface area contributed by atoms with E-state index in [9.17, 15) is 4.79 Å². The topological polar surface area (TPSA) is 55.0 Å². The third kappa shape index (κ3) is 11.0. The van der Waals surface area contributed by atoms with Gasteiger partial charge in [-0.3, -0.25) is 0 Å². The number of hydrogen-bond donors (Lipinski definition) is 1. The highest BCUT2D eigenvalue weighted by molar-refractivity contribution is 5.93. The molecule has 0 bridgehead atoms. The zero-order chi connectivity index (χ0) is 21.6. The molecule has 0 atom stereocenters. The molecule has 31 heavy (non-hydrogen) atoms. The van der Waals surface area contributed by atoms with Crippen molar-refractivity contribution in [3.63, 3.8) is 0 Å². The van der Waals surface area contributed by atoms with Crippen LogP contribution in [0.1, 0.15) is 120 Å². The number of esters is 1. The van der Waals surface area contributed by atoms with E-state index in [1.165, 1.54) is 83.5 Å². The molecule has 0 aliphatic rings. The number of H-pyrrole nitrogens is 1. The number of ether oxygens (including phenoxy) is 1. The first kappa shape index (κ1) is 27.5. The second-order valence-electron chi connectivity index (χ2n) is 8.86. The maximum absolute atomic E-state index is 12.1. The lowest BCUT2D eigenvalue weighted by Crippen LogP contribution is -2.11. The molecule has 4 nitrogen and oxygen atoms in total. The average molecular weight is 451 g/mol. The van der Waals surface area contributed by atoms with Gasteiger partial charge in [0.2, 0.25) is 0 Å². The summed E-state index contributed by atoms with van der Waals surface area (Å²) in [4.78, 5) is 20.1. The van der Waals surface area contributed by atoms with Gasteiger partial charge in [0.25, 0.3) is 0 Å². The molecule has 1 N–H and O–H groups in total. The van der Waals surface area contributed by atoms with Crippen LogP contribution >= 0.6 is 12.4 Å². The molecule has 1 aromatic carbocycles. The molecule has 176 valence electrons. The standard InChI is InChI=1S/C26H42N2O2.ClH/c1-4-5-6-7-8-9-10-11-12-13-14-15-16-17-25-27-23-19-18-22(20-24(23)28-25)26(29)30-21(2)3;/h18-21H,4-17H2,1-3H3,(H,27,28);1H. The van der Waals surface area contributed by atoms with E-state index in [-0.39, 0.29) is 24.5 Å². The quantitative estimate of drug-likeness (QED) is 0.207. The second kappa shape index (κ2) is 16.1. The Balaban J connectivity index is 0.00000480. The molecule has 0 radical (unpaired) electrons. The van der Waals surface area contributed by atoms with Crippen LogP contribution in [0.4, 0.5) is 0 Å². The Morgan fingerprint density at radius 1 is 0.903 bits per heavy atom. The molecule has 0 saturated heterocycles. The monoisotopic (exact) mass is 450 g/mol. The van der Waals surface area contributed by atoms with Gasteiger partial charge >= 0.3 is 5.97 Å². The highest BCUT2D eigenvalue weighted by Crippen LogP contribution is 2.17. The van der Waals surface area contributed by atoms with Gasteiger partial charge in [-0.15, -0.1) is 12.4 Å². The summed E-state index contributed by atoms with van der Waals surface area (Å²) in [6.45, 7) is 6.00. The van der Waals surface area contributed by atoms with Crippen LogP contribution < -0.4 is 0 Å². The summed E-state index contributed by atoms with van der Waals surface area (Å²) in [5.74, 6) is 0.738. The van der Waals surface area contributed by atoms with Crippen LogP contribution in [-0.4, -0.2) is 22.0 Å². The lowest BCUT2D eigenvalue weighted by molar-refractivity contribution is 0.0378. The van der Waals surface area contributed by atoms with E-state index in [0.717, 1.165) is 23.3 Å². The Bertz CT molecular complexity index is 742. The summed E-state index contributed by atoms with van der Waals surface area (Å²) in [5.41, 5.74) is 2.41. The van der Waals surface area contributed by atoms with Gasteiger partial charge in [-0.05, 0) is 38.5 Å². The third-order valence-electron chi connectivity index (χ3n) is 5.63. The van der Waals surface area contributed by atoms with E-state index < -0.39 is 0 Å². The molecule has 0 aliphatic carbocycles. The van der Waals surface area contributed by atoms with Crippen molar-refractivity contribution in [3.8, 4) is 0 Å². The minimum absolute atomic E-state index is 0. The van der Waals surface area contributed by atoms with Crippen LogP contribution in [0.5, 0.6) is 0 Å². The SMILES string of the molecule is CCCCCCCCCCCCCCCc1nc2ccc(C(=O)OC(C)C)cc2[nH]1.Cl. The summed E-state index contributed by atoms with van der Waals surface area (Å²) < 4.78 is 5.27. The lowest BCUT2D eigenvalue weighted by Gasteiger charge is -2.07. The zero-order valence-corrected chi connectivity index (χ0v) is 20.7. The number of nitrogens with zero attached hydrogens (tertiary/aromatic N) is 1. The van der Waals surface area contributed by atoms with Crippen molar-refractivity contribution in [1.29, 1.82) is 0 Å². The Morgan fingerprint density at radius 3 is 2.00 bits per heavy atom. The van der Waals surface area contributed by atoms with Gasteiger partial charge in [-0.1, -0.05) is 84.0 Å². The molecule has 0 saturated carbocycles. The number of rotatable bonds is 16. The van der Waals surface area contributed by atoms with Crippen molar-refractivity contribution >= 4 is 29.4 Å². The Morgan fingerprint density at radius 2 is 1.45 bits per heavy atom. The highest BCUT2D eigenvalue weighted by atomic mass is 35.5. The number of hydrogen-bond acceptors (Lipinski definition) is 3. The summed E-state index contributed by atoms with van der Waals surface area (Å²) >= 11 is 0. The minimum Gasteiger partial charge on any atom is -0.459 e. The summed E-state index contributed by atoms with van der Waals surface area (Å²) in [6, 6.07) is 5.54. The molecule has 0 amide bonds. The predicted molar refractivity (Wildman–Crippen MR) is 133 cm³/mol. The van der Waals surface area contributed by atoms with Crippen molar-refractivity contribution in [3.05, 3.63) is 29.6 Å². The van der Waals surface area contributed by atoms with Crippen molar-refractivity contribution in [2.75, 3.05) is 0 Å². The number of aromatic amines is 1. The number of aromatic nitrogens is 2. The molecule has 5 heteroatoms.